The lowest BCUT2D eigenvalue weighted by Gasteiger charge is -2.09. The number of halogens is 1. The van der Waals surface area contributed by atoms with E-state index in [-0.39, 0.29) is 17.1 Å². The van der Waals surface area contributed by atoms with Gasteiger partial charge in [-0.3, -0.25) is 0 Å². The van der Waals surface area contributed by atoms with E-state index in [0.29, 0.717) is 16.8 Å². The van der Waals surface area contributed by atoms with E-state index in [1.54, 1.807) is 24.4 Å². The van der Waals surface area contributed by atoms with Crippen LogP contribution in [0.4, 0.5) is 10.3 Å². The third-order valence-corrected chi connectivity index (χ3v) is 3.44. The van der Waals surface area contributed by atoms with Crippen LogP contribution in [0.5, 0.6) is 0 Å². The first-order valence-corrected chi connectivity index (χ1v) is 6.50. The van der Waals surface area contributed by atoms with E-state index >= 15 is 0 Å². The normalized spacial score (nSPS) is 10.9. The molecule has 1 aromatic carbocycles. The monoisotopic (exact) mass is 300 g/mol. The molecule has 3 aromatic rings. The maximum Gasteiger partial charge on any atom is 0.338 e. The average Bonchev–Trinajstić information content (AvgIpc) is 2.88. The zero-order valence-electron chi connectivity index (χ0n) is 12.0. The van der Waals surface area contributed by atoms with Crippen LogP contribution in [0.2, 0.25) is 0 Å². The van der Waals surface area contributed by atoms with Crippen LogP contribution in [0.25, 0.3) is 16.8 Å². The van der Waals surface area contributed by atoms with E-state index in [2.05, 4.69) is 14.8 Å². The molecule has 0 saturated carbocycles. The number of carbonyl (C=O) groups excluding carboxylic acids is 1. The molecule has 7 heteroatoms. The maximum atomic E-state index is 14.1. The highest BCUT2D eigenvalue weighted by atomic mass is 19.1. The van der Waals surface area contributed by atoms with Gasteiger partial charge in [0, 0.05) is 6.20 Å². The molecule has 2 N–H and O–H groups in total. The minimum absolute atomic E-state index is 0.155. The van der Waals surface area contributed by atoms with Crippen LogP contribution in [0.1, 0.15) is 15.9 Å². The quantitative estimate of drug-likeness (QED) is 0.734. The molecule has 0 amide bonds. The van der Waals surface area contributed by atoms with Gasteiger partial charge < -0.3 is 10.5 Å². The standard InChI is InChI=1S/C15H13FN4O2/c1-8-11(14(21)22-2)5-10(6-12(8)16)9-3-4-20-13(7-9)18-15(17)19-20/h3-7H,1-2H3,(H2,17,19). The van der Waals surface area contributed by atoms with Gasteiger partial charge in [0.1, 0.15) is 5.82 Å². The van der Waals surface area contributed by atoms with Crippen LogP contribution in [-0.4, -0.2) is 27.7 Å². The van der Waals surface area contributed by atoms with Crippen molar-refractivity contribution in [2.24, 2.45) is 0 Å². The van der Waals surface area contributed by atoms with Gasteiger partial charge in [-0.2, -0.15) is 4.98 Å². The number of hydrogen-bond donors (Lipinski definition) is 1. The topological polar surface area (TPSA) is 82.5 Å². The van der Waals surface area contributed by atoms with Crippen molar-refractivity contribution in [3.63, 3.8) is 0 Å². The number of rotatable bonds is 2. The number of nitrogen functional groups attached to an aromatic ring is 1. The van der Waals surface area contributed by atoms with Crippen molar-refractivity contribution in [2.75, 3.05) is 12.8 Å². The van der Waals surface area contributed by atoms with Crippen LogP contribution in [0.15, 0.2) is 30.5 Å². The number of pyridine rings is 1. The zero-order valence-corrected chi connectivity index (χ0v) is 12.0. The summed E-state index contributed by atoms with van der Waals surface area (Å²) in [6, 6.07) is 6.42. The Labute approximate surface area is 125 Å². The van der Waals surface area contributed by atoms with Crippen molar-refractivity contribution in [1.82, 2.24) is 14.6 Å². The molecule has 2 aromatic heterocycles. The second kappa shape index (κ2) is 5.10. The predicted octanol–water partition coefficient (Wildman–Crippen LogP) is 2.21. The first kappa shape index (κ1) is 14.0. The third-order valence-electron chi connectivity index (χ3n) is 3.44. The van der Waals surface area contributed by atoms with E-state index < -0.39 is 11.8 Å². The number of nitrogens with two attached hydrogens (primary N) is 1. The van der Waals surface area contributed by atoms with Crippen LogP contribution in [0.3, 0.4) is 0 Å². The number of hydrogen-bond acceptors (Lipinski definition) is 5. The molecule has 6 nitrogen and oxygen atoms in total. The Morgan fingerprint density at radius 2 is 2.09 bits per heavy atom. The molecule has 0 spiro atoms. The molecular weight excluding hydrogens is 287 g/mol. The molecule has 3 rings (SSSR count). The van der Waals surface area contributed by atoms with Crippen LogP contribution >= 0.6 is 0 Å². The van der Waals surface area contributed by atoms with Gasteiger partial charge in [0.2, 0.25) is 5.95 Å². The molecule has 0 bridgehead atoms. The van der Waals surface area contributed by atoms with E-state index in [4.69, 9.17) is 5.73 Å². The van der Waals surface area contributed by atoms with Gasteiger partial charge in [-0.1, -0.05) is 0 Å². The fraction of sp³-hybridized carbons (Fsp3) is 0.133. The van der Waals surface area contributed by atoms with Gasteiger partial charge in [-0.05, 0) is 47.9 Å². The van der Waals surface area contributed by atoms with Gasteiger partial charge in [-0.25, -0.2) is 13.7 Å². The molecular formula is C15H13FN4O2. The minimum Gasteiger partial charge on any atom is -0.465 e. The number of nitrogens with zero attached hydrogens (tertiary/aromatic N) is 3. The summed E-state index contributed by atoms with van der Waals surface area (Å²) in [6.45, 7) is 1.54. The summed E-state index contributed by atoms with van der Waals surface area (Å²) in [6.07, 6.45) is 1.67. The summed E-state index contributed by atoms with van der Waals surface area (Å²) in [5.41, 5.74) is 7.77. The van der Waals surface area contributed by atoms with Crippen LogP contribution in [-0.2, 0) is 4.74 Å². The van der Waals surface area contributed by atoms with Gasteiger partial charge in [0.15, 0.2) is 5.65 Å². The Morgan fingerprint density at radius 3 is 2.82 bits per heavy atom. The van der Waals surface area contributed by atoms with Crippen LogP contribution < -0.4 is 5.73 Å². The average molecular weight is 300 g/mol. The van der Waals surface area contributed by atoms with Crippen molar-refractivity contribution in [3.8, 4) is 11.1 Å². The molecule has 0 atom stereocenters. The molecule has 0 aliphatic heterocycles. The molecule has 0 radical (unpaired) electrons. The Balaban J connectivity index is 2.17. The first-order chi connectivity index (χ1) is 10.5. The summed E-state index contributed by atoms with van der Waals surface area (Å²) < 4.78 is 20.3. The van der Waals surface area contributed by atoms with Gasteiger partial charge in [0.05, 0.1) is 12.7 Å². The lowest BCUT2D eigenvalue weighted by molar-refractivity contribution is 0.0599. The van der Waals surface area contributed by atoms with E-state index in [1.807, 2.05) is 0 Å². The number of benzene rings is 1. The SMILES string of the molecule is COC(=O)c1cc(-c2ccn3nc(N)nc3c2)cc(F)c1C. The summed E-state index contributed by atoms with van der Waals surface area (Å²) >= 11 is 0. The van der Waals surface area contributed by atoms with E-state index in [9.17, 15) is 9.18 Å². The van der Waals surface area contributed by atoms with Crippen molar-refractivity contribution < 1.29 is 13.9 Å². The molecule has 0 aliphatic rings. The smallest absolute Gasteiger partial charge is 0.338 e. The number of esters is 1. The molecule has 0 unspecified atom stereocenters. The van der Waals surface area contributed by atoms with Crippen molar-refractivity contribution in [2.45, 2.75) is 6.92 Å². The molecule has 0 fully saturated rings. The third kappa shape index (κ3) is 2.26. The van der Waals surface area contributed by atoms with Gasteiger partial charge in [-0.15, -0.1) is 5.10 Å². The Hall–Kier alpha value is -2.96. The summed E-state index contributed by atoms with van der Waals surface area (Å²) in [5, 5.41) is 3.97. The van der Waals surface area contributed by atoms with Crippen LogP contribution in [0, 0.1) is 12.7 Å². The Bertz CT molecular complexity index is 889. The number of aromatic nitrogens is 3. The lowest BCUT2D eigenvalue weighted by atomic mass is 10.00. The summed E-state index contributed by atoms with van der Waals surface area (Å²) in [4.78, 5) is 15.8. The summed E-state index contributed by atoms with van der Waals surface area (Å²) in [5.74, 6) is -0.896. The number of anilines is 1. The molecule has 2 heterocycles. The van der Waals surface area contributed by atoms with Crippen molar-refractivity contribution in [1.29, 1.82) is 0 Å². The van der Waals surface area contributed by atoms with Crippen molar-refractivity contribution >= 4 is 17.6 Å². The number of carbonyl (C=O) groups is 1. The Kier molecular flexibility index (Phi) is 3.25. The molecule has 0 aliphatic carbocycles. The maximum absolute atomic E-state index is 14.1. The number of fused-ring (bicyclic) bond motifs is 1. The predicted molar refractivity (Wildman–Crippen MR) is 78.9 cm³/mol. The molecule has 0 saturated heterocycles. The van der Waals surface area contributed by atoms with Crippen molar-refractivity contribution in [3.05, 3.63) is 47.4 Å². The highest BCUT2D eigenvalue weighted by molar-refractivity contribution is 5.92. The molecule has 22 heavy (non-hydrogen) atoms. The summed E-state index contributed by atoms with van der Waals surface area (Å²) in [7, 11) is 1.26. The zero-order chi connectivity index (χ0) is 15.9. The fourth-order valence-corrected chi connectivity index (χ4v) is 2.25. The van der Waals surface area contributed by atoms with E-state index in [0.717, 1.165) is 0 Å². The fourth-order valence-electron chi connectivity index (χ4n) is 2.25. The largest absolute Gasteiger partial charge is 0.465 e. The second-order valence-corrected chi connectivity index (χ2v) is 4.81. The number of methoxy groups -OCH3 is 1. The van der Waals surface area contributed by atoms with E-state index in [1.165, 1.54) is 24.6 Å². The lowest BCUT2D eigenvalue weighted by Crippen LogP contribution is -2.06. The first-order valence-electron chi connectivity index (χ1n) is 6.50. The Morgan fingerprint density at radius 1 is 1.32 bits per heavy atom. The highest BCUT2D eigenvalue weighted by Gasteiger charge is 2.15. The second-order valence-electron chi connectivity index (χ2n) is 4.81. The minimum atomic E-state index is -0.578. The van der Waals surface area contributed by atoms with Gasteiger partial charge in [0.25, 0.3) is 0 Å². The molecule has 112 valence electrons. The highest BCUT2D eigenvalue weighted by Crippen LogP contribution is 2.26. The number of ether oxygens (including phenoxy) is 1. The van der Waals surface area contributed by atoms with Gasteiger partial charge >= 0.3 is 5.97 Å².